The van der Waals surface area contributed by atoms with Crippen LogP contribution < -0.4 is 10.6 Å². The molecule has 3 rings (SSSR count). The van der Waals surface area contributed by atoms with Crippen LogP contribution in [0.3, 0.4) is 0 Å². The third-order valence-electron chi connectivity index (χ3n) is 3.80. The van der Waals surface area contributed by atoms with Gasteiger partial charge in [-0.1, -0.05) is 11.6 Å². The number of halogens is 4. The maximum absolute atomic E-state index is 13.1. The molecule has 124 valence electrons. The number of benzene rings is 1. The van der Waals surface area contributed by atoms with E-state index in [2.05, 4.69) is 10.6 Å². The second kappa shape index (κ2) is 6.30. The molecule has 1 amide bonds. The highest BCUT2D eigenvalue weighted by atomic mass is 35.5. The number of hydrogen-bond acceptors (Lipinski definition) is 3. The Kier molecular flexibility index (Phi) is 4.53. The van der Waals surface area contributed by atoms with Crippen LogP contribution in [-0.4, -0.2) is 25.0 Å². The van der Waals surface area contributed by atoms with Crippen molar-refractivity contribution in [3.05, 3.63) is 33.7 Å². The topological polar surface area (TPSA) is 41.1 Å². The number of carbonyl (C=O) groups is 1. The van der Waals surface area contributed by atoms with Crippen molar-refractivity contribution in [2.75, 3.05) is 13.1 Å². The average Bonchev–Trinajstić information content (AvgIpc) is 2.93. The van der Waals surface area contributed by atoms with Crippen molar-refractivity contribution in [2.24, 2.45) is 0 Å². The van der Waals surface area contributed by atoms with Crippen LogP contribution in [0.2, 0.25) is 5.02 Å². The van der Waals surface area contributed by atoms with Gasteiger partial charge in [0.15, 0.2) is 0 Å². The zero-order valence-electron chi connectivity index (χ0n) is 12.0. The van der Waals surface area contributed by atoms with Crippen molar-refractivity contribution in [1.29, 1.82) is 0 Å². The molecule has 1 aromatic heterocycles. The molecule has 0 spiro atoms. The van der Waals surface area contributed by atoms with Crippen molar-refractivity contribution < 1.29 is 18.0 Å². The fourth-order valence-corrected chi connectivity index (χ4v) is 3.95. The van der Waals surface area contributed by atoms with Gasteiger partial charge in [-0.15, -0.1) is 11.3 Å². The van der Waals surface area contributed by atoms with Gasteiger partial charge in [0.05, 0.1) is 20.2 Å². The highest BCUT2D eigenvalue weighted by Crippen LogP contribution is 2.41. The Labute approximate surface area is 139 Å². The fourth-order valence-electron chi connectivity index (χ4n) is 2.68. The van der Waals surface area contributed by atoms with E-state index in [1.165, 1.54) is 12.1 Å². The summed E-state index contributed by atoms with van der Waals surface area (Å²) in [6, 6.07) is 3.44. The zero-order valence-corrected chi connectivity index (χ0v) is 13.5. The van der Waals surface area contributed by atoms with Gasteiger partial charge in [-0.25, -0.2) is 0 Å². The zero-order chi connectivity index (χ0) is 16.6. The maximum Gasteiger partial charge on any atom is 0.417 e. The number of alkyl halides is 3. The number of fused-ring (bicyclic) bond motifs is 1. The van der Waals surface area contributed by atoms with E-state index in [-0.39, 0.29) is 31.9 Å². The first-order valence-electron chi connectivity index (χ1n) is 7.17. The minimum atomic E-state index is -4.48. The molecule has 1 aliphatic heterocycles. The van der Waals surface area contributed by atoms with Gasteiger partial charge in [0.1, 0.15) is 0 Å². The van der Waals surface area contributed by atoms with E-state index in [9.17, 15) is 18.0 Å². The Balaban J connectivity index is 1.93. The minimum absolute atomic E-state index is 0.000907. The molecule has 0 bridgehead atoms. The van der Waals surface area contributed by atoms with E-state index in [1.54, 1.807) is 0 Å². The summed E-state index contributed by atoms with van der Waals surface area (Å²) in [6.45, 7) is 1.59. The van der Waals surface area contributed by atoms with Gasteiger partial charge in [0.25, 0.3) is 5.91 Å². The second-order valence-electron chi connectivity index (χ2n) is 5.46. The van der Waals surface area contributed by atoms with Gasteiger partial charge in [-0.2, -0.15) is 13.2 Å². The standard InChI is InChI=1S/C15H14ClF3N2OS/c16-11-4-3-10(15(17,18)19)9-6-12(23-13(9)11)14(22)21-8-2-1-5-20-7-8/h3-4,6,8,20H,1-2,5,7H2,(H,21,22). The Morgan fingerprint density at radius 3 is 2.83 bits per heavy atom. The van der Waals surface area contributed by atoms with Crippen LogP contribution in [-0.2, 0) is 6.18 Å². The molecule has 8 heteroatoms. The molecule has 2 aromatic rings. The summed E-state index contributed by atoms with van der Waals surface area (Å²) < 4.78 is 39.5. The number of amides is 1. The van der Waals surface area contributed by atoms with E-state index in [0.717, 1.165) is 36.8 Å². The van der Waals surface area contributed by atoms with Crippen LogP contribution >= 0.6 is 22.9 Å². The second-order valence-corrected chi connectivity index (χ2v) is 6.92. The summed E-state index contributed by atoms with van der Waals surface area (Å²) in [7, 11) is 0. The molecule has 1 atom stereocenters. The van der Waals surface area contributed by atoms with Crippen LogP contribution in [0.25, 0.3) is 10.1 Å². The van der Waals surface area contributed by atoms with Gasteiger partial charge in [-0.05, 0) is 37.6 Å². The molecule has 0 aliphatic carbocycles. The quantitative estimate of drug-likeness (QED) is 0.846. The molecule has 2 heterocycles. The smallest absolute Gasteiger partial charge is 0.347 e. The summed E-state index contributed by atoms with van der Waals surface area (Å²) in [5.41, 5.74) is -0.772. The normalized spacial score (nSPS) is 19.0. The maximum atomic E-state index is 13.1. The van der Waals surface area contributed by atoms with Gasteiger partial charge < -0.3 is 10.6 Å². The molecule has 0 radical (unpaired) electrons. The van der Waals surface area contributed by atoms with Gasteiger partial charge in [0.2, 0.25) is 0 Å². The summed E-state index contributed by atoms with van der Waals surface area (Å²) in [5, 5.41) is 6.23. The van der Waals surface area contributed by atoms with Crippen LogP contribution in [0.15, 0.2) is 18.2 Å². The van der Waals surface area contributed by atoms with Crippen molar-refractivity contribution in [2.45, 2.75) is 25.1 Å². The highest BCUT2D eigenvalue weighted by Gasteiger charge is 2.34. The molecule has 23 heavy (non-hydrogen) atoms. The average molecular weight is 363 g/mol. The van der Waals surface area contributed by atoms with Crippen LogP contribution in [0.5, 0.6) is 0 Å². The Morgan fingerprint density at radius 2 is 2.17 bits per heavy atom. The van der Waals surface area contributed by atoms with Crippen molar-refractivity contribution in [1.82, 2.24) is 10.6 Å². The molecule has 0 saturated carbocycles. The third kappa shape index (κ3) is 3.46. The number of carbonyl (C=O) groups excluding carboxylic acids is 1. The molecule has 1 saturated heterocycles. The fraction of sp³-hybridized carbons (Fsp3) is 0.400. The number of piperidine rings is 1. The summed E-state index contributed by atoms with van der Waals surface area (Å²) in [5.74, 6) is -0.357. The minimum Gasteiger partial charge on any atom is -0.347 e. The molecule has 1 aromatic carbocycles. The largest absolute Gasteiger partial charge is 0.417 e. The number of rotatable bonds is 2. The Bertz CT molecular complexity index is 738. The van der Waals surface area contributed by atoms with Gasteiger partial charge >= 0.3 is 6.18 Å². The highest BCUT2D eigenvalue weighted by molar-refractivity contribution is 7.21. The Hall–Kier alpha value is -1.31. The molecule has 1 aliphatic rings. The van der Waals surface area contributed by atoms with Crippen molar-refractivity contribution in [3.8, 4) is 0 Å². The SMILES string of the molecule is O=C(NC1CCCNC1)c1cc2c(C(F)(F)F)ccc(Cl)c2s1. The third-order valence-corrected chi connectivity index (χ3v) is 5.39. The first-order valence-corrected chi connectivity index (χ1v) is 8.36. The van der Waals surface area contributed by atoms with E-state index < -0.39 is 11.7 Å². The van der Waals surface area contributed by atoms with E-state index in [1.807, 2.05) is 0 Å². The van der Waals surface area contributed by atoms with Crippen molar-refractivity contribution >= 4 is 38.9 Å². The van der Waals surface area contributed by atoms with E-state index >= 15 is 0 Å². The number of hydrogen-bond donors (Lipinski definition) is 2. The predicted octanol–water partition coefficient (Wildman–Crippen LogP) is 4.06. The predicted molar refractivity (Wildman–Crippen MR) is 85.2 cm³/mol. The van der Waals surface area contributed by atoms with Crippen LogP contribution in [0.4, 0.5) is 13.2 Å². The Morgan fingerprint density at radius 1 is 1.39 bits per heavy atom. The summed E-state index contributed by atoms with van der Waals surface area (Å²) in [4.78, 5) is 12.5. The van der Waals surface area contributed by atoms with Crippen LogP contribution in [0.1, 0.15) is 28.1 Å². The molecule has 3 nitrogen and oxygen atoms in total. The lowest BCUT2D eigenvalue weighted by Crippen LogP contribution is -2.45. The number of thiophene rings is 1. The van der Waals surface area contributed by atoms with Crippen molar-refractivity contribution in [3.63, 3.8) is 0 Å². The molecule has 1 fully saturated rings. The molecular weight excluding hydrogens is 349 g/mol. The molecular formula is C15H14ClF3N2OS. The molecule has 2 N–H and O–H groups in total. The summed E-state index contributed by atoms with van der Waals surface area (Å²) >= 11 is 6.98. The van der Waals surface area contributed by atoms with E-state index in [4.69, 9.17) is 11.6 Å². The van der Waals surface area contributed by atoms with Gasteiger partial charge in [-0.3, -0.25) is 4.79 Å². The first-order chi connectivity index (χ1) is 10.9. The van der Waals surface area contributed by atoms with Gasteiger partial charge in [0, 0.05) is 18.0 Å². The van der Waals surface area contributed by atoms with E-state index in [0.29, 0.717) is 6.54 Å². The van der Waals surface area contributed by atoms with Crippen LogP contribution in [0, 0.1) is 0 Å². The lowest BCUT2D eigenvalue weighted by molar-refractivity contribution is -0.136. The summed E-state index contributed by atoms with van der Waals surface area (Å²) in [6.07, 6.45) is -2.66. The lowest BCUT2D eigenvalue weighted by Gasteiger charge is -2.23. The monoisotopic (exact) mass is 362 g/mol. The first kappa shape index (κ1) is 16.5. The molecule has 1 unspecified atom stereocenters. The number of nitrogens with one attached hydrogen (secondary N) is 2. The lowest BCUT2D eigenvalue weighted by atomic mass is 10.1.